The molecule has 0 spiro atoms. The van der Waals surface area contributed by atoms with E-state index in [1.807, 2.05) is 0 Å². The number of nitrogens with one attached hydrogen (secondary N) is 2. The molecule has 2 rings (SSSR count). The number of ether oxygens (including phenoxy) is 2. The lowest BCUT2D eigenvalue weighted by molar-refractivity contribution is 0.0171. The summed E-state index contributed by atoms with van der Waals surface area (Å²) in [5.74, 6) is 0.929. The molecule has 0 amide bonds. The molecule has 0 aromatic rings. The van der Waals surface area contributed by atoms with Crippen LogP contribution in [0.5, 0.6) is 0 Å². The molecular weight excluding hydrogens is 354 g/mol. The normalized spacial score (nSPS) is 21.9. The molecule has 7 heteroatoms. The van der Waals surface area contributed by atoms with E-state index in [0.29, 0.717) is 6.10 Å². The summed E-state index contributed by atoms with van der Waals surface area (Å²) in [7, 11) is 0. The van der Waals surface area contributed by atoms with E-state index in [1.54, 1.807) is 0 Å². The molecule has 1 atom stereocenters. The van der Waals surface area contributed by atoms with E-state index in [9.17, 15) is 0 Å². The SMILES string of the molecule is CCNC(=NCCCOCC1CCCO1)NCCCCN1CCN(CC)CC1. The highest BCUT2D eigenvalue weighted by atomic mass is 16.5. The standard InChI is InChI=1S/C21H43N5O2/c1-3-22-21(24-11-8-17-27-19-20-9-7-18-28-20)23-10-5-6-12-26-15-13-25(4-2)14-16-26/h20H,3-19H2,1-2H3,(H2,22,23,24). The first-order valence-electron chi connectivity index (χ1n) is 11.5. The fraction of sp³-hybridized carbons (Fsp3) is 0.952. The van der Waals surface area contributed by atoms with Crippen molar-refractivity contribution in [2.45, 2.75) is 52.1 Å². The molecule has 0 saturated carbocycles. The summed E-state index contributed by atoms with van der Waals surface area (Å²) in [6.07, 6.45) is 6.01. The van der Waals surface area contributed by atoms with Crippen LogP contribution in [-0.4, -0.2) is 101 Å². The van der Waals surface area contributed by atoms with Gasteiger partial charge in [-0.15, -0.1) is 0 Å². The minimum Gasteiger partial charge on any atom is -0.379 e. The fourth-order valence-electron chi connectivity index (χ4n) is 3.69. The summed E-state index contributed by atoms with van der Waals surface area (Å²) in [6.45, 7) is 16.7. The van der Waals surface area contributed by atoms with Gasteiger partial charge >= 0.3 is 0 Å². The van der Waals surface area contributed by atoms with Gasteiger partial charge in [0.2, 0.25) is 0 Å². The van der Waals surface area contributed by atoms with Crippen LogP contribution in [0.4, 0.5) is 0 Å². The van der Waals surface area contributed by atoms with E-state index in [2.05, 4.69) is 39.3 Å². The Morgan fingerprint density at radius 2 is 1.89 bits per heavy atom. The Bertz CT molecular complexity index is 408. The van der Waals surface area contributed by atoms with Gasteiger partial charge < -0.3 is 29.9 Å². The highest BCUT2D eigenvalue weighted by molar-refractivity contribution is 5.79. The van der Waals surface area contributed by atoms with Gasteiger partial charge in [0, 0.05) is 59.0 Å². The van der Waals surface area contributed by atoms with Crippen molar-refractivity contribution in [1.82, 2.24) is 20.4 Å². The van der Waals surface area contributed by atoms with Crippen LogP contribution in [-0.2, 0) is 9.47 Å². The van der Waals surface area contributed by atoms with Crippen molar-refractivity contribution in [2.24, 2.45) is 4.99 Å². The smallest absolute Gasteiger partial charge is 0.191 e. The number of guanidine groups is 1. The van der Waals surface area contributed by atoms with E-state index in [4.69, 9.17) is 9.47 Å². The van der Waals surface area contributed by atoms with Crippen LogP contribution in [0.25, 0.3) is 0 Å². The van der Waals surface area contributed by atoms with Gasteiger partial charge in [0.15, 0.2) is 5.96 Å². The Labute approximate surface area is 172 Å². The van der Waals surface area contributed by atoms with E-state index in [1.165, 1.54) is 58.5 Å². The van der Waals surface area contributed by atoms with Crippen molar-refractivity contribution < 1.29 is 9.47 Å². The fourth-order valence-corrected chi connectivity index (χ4v) is 3.69. The summed E-state index contributed by atoms with van der Waals surface area (Å²) in [5.41, 5.74) is 0. The number of likely N-dealkylation sites (N-methyl/N-ethyl adjacent to an activating group) is 1. The monoisotopic (exact) mass is 397 g/mol. The molecule has 2 aliphatic rings. The third-order valence-corrected chi connectivity index (χ3v) is 5.49. The predicted molar refractivity (Wildman–Crippen MR) is 116 cm³/mol. The van der Waals surface area contributed by atoms with E-state index in [-0.39, 0.29) is 0 Å². The maximum atomic E-state index is 5.70. The van der Waals surface area contributed by atoms with Crippen molar-refractivity contribution in [2.75, 3.05) is 78.7 Å². The molecule has 0 aliphatic carbocycles. The first kappa shape index (κ1) is 23.4. The Morgan fingerprint density at radius 3 is 2.61 bits per heavy atom. The van der Waals surface area contributed by atoms with Crippen LogP contribution >= 0.6 is 0 Å². The zero-order chi connectivity index (χ0) is 19.9. The lowest BCUT2D eigenvalue weighted by Crippen LogP contribution is -2.46. The number of unbranched alkanes of at least 4 members (excludes halogenated alkanes) is 1. The second-order valence-electron chi connectivity index (χ2n) is 7.73. The quantitative estimate of drug-likeness (QED) is 0.279. The zero-order valence-electron chi connectivity index (χ0n) is 18.3. The average molecular weight is 398 g/mol. The van der Waals surface area contributed by atoms with E-state index >= 15 is 0 Å². The minimum absolute atomic E-state index is 0.318. The molecule has 0 bridgehead atoms. The summed E-state index contributed by atoms with van der Waals surface area (Å²) >= 11 is 0. The molecule has 2 heterocycles. The molecule has 164 valence electrons. The van der Waals surface area contributed by atoms with Crippen LogP contribution in [0.15, 0.2) is 4.99 Å². The first-order chi connectivity index (χ1) is 13.8. The second kappa shape index (κ2) is 15.0. The highest BCUT2D eigenvalue weighted by Gasteiger charge is 2.15. The lowest BCUT2D eigenvalue weighted by atomic mass is 10.2. The summed E-state index contributed by atoms with van der Waals surface area (Å²) in [4.78, 5) is 9.79. The van der Waals surface area contributed by atoms with E-state index in [0.717, 1.165) is 58.3 Å². The van der Waals surface area contributed by atoms with Gasteiger partial charge in [-0.3, -0.25) is 4.99 Å². The van der Waals surface area contributed by atoms with Gasteiger partial charge in [0.25, 0.3) is 0 Å². The van der Waals surface area contributed by atoms with Gasteiger partial charge in [0.1, 0.15) is 0 Å². The number of nitrogens with zero attached hydrogens (tertiary/aromatic N) is 3. The molecule has 0 aromatic carbocycles. The molecule has 7 nitrogen and oxygen atoms in total. The van der Waals surface area contributed by atoms with Gasteiger partial charge in [-0.05, 0) is 52.1 Å². The molecular formula is C21H43N5O2. The lowest BCUT2D eigenvalue weighted by Gasteiger charge is -2.34. The molecule has 2 N–H and O–H groups in total. The van der Waals surface area contributed by atoms with Crippen molar-refractivity contribution in [3.63, 3.8) is 0 Å². The summed E-state index contributed by atoms with van der Waals surface area (Å²) < 4.78 is 11.3. The maximum Gasteiger partial charge on any atom is 0.191 e. The van der Waals surface area contributed by atoms with Crippen molar-refractivity contribution >= 4 is 5.96 Å². The minimum atomic E-state index is 0.318. The van der Waals surface area contributed by atoms with Gasteiger partial charge in [-0.1, -0.05) is 6.92 Å². The Kier molecular flexibility index (Phi) is 12.5. The average Bonchev–Trinajstić information content (AvgIpc) is 3.24. The molecule has 0 radical (unpaired) electrons. The number of aliphatic imine (C=N–C) groups is 1. The zero-order valence-corrected chi connectivity index (χ0v) is 18.3. The molecule has 0 aromatic heterocycles. The van der Waals surface area contributed by atoms with Gasteiger partial charge in [0.05, 0.1) is 12.7 Å². The Balaban J connectivity index is 1.47. The van der Waals surface area contributed by atoms with Crippen LogP contribution in [0.2, 0.25) is 0 Å². The third-order valence-electron chi connectivity index (χ3n) is 5.49. The number of piperazine rings is 1. The third kappa shape index (κ3) is 10.0. The van der Waals surface area contributed by atoms with Crippen LogP contribution in [0.1, 0.15) is 46.0 Å². The molecule has 1 unspecified atom stereocenters. The molecule has 2 aliphatic heterocycles. The topological polar surface area (TPSA) is 61.4 Å². The number of rotatable bonds is 13. The van der Waals surface area contributed by atoms with Crippen LogP contribution in [0.3, 0.4) is 0 Å². The number of hydrogen-bond donors (Lipinski definition) is 2. The van der Waals surface area contributed by atoms with Crippen molar-refractivity contribution in [3.05, 3.63) is 0 Å². The summed E-state index contributed by atoms with van der Waals surface area (Å²) in [5, 5.41) is 6.79. The van der Waals surface area contributed by atoms with Crippen LogP contribution < -0.4 is 10.6 Å². The second-order valence-corrected chi connectivity index (χ2v) is 7.73. The highest BCUT2D eigenvalue weighted by Crippen LogP contribution is 2.11. The summed E-state index contributed by atoms with van der Waals surface area (Å²) in [6, 6.07) is 0. The van der Waals surface area contributed by atoms with Gasteiger partial charge in [-0.2, -0.15) is 0 Å². The van der Waals surface area contributed by atoms with Crippen molar-refractivity contribution in [3.8, 4) is 0 Å². The van der Waals surface area contributed by atoms with Gasteiger partial charge in [-0.25, -0.2) is 0 Å². The molecule has 2 saturated heterocycles. The van der Waals surface area contributed by atoms with E-state index < -0.39 is 0 Å². The largest absolute Gasteiger partial charge is 0.379 e. The van der Waals surface area contributed by atoms with Crippen molar-refractivity contribution in [1.29, 1.82) is 0 Å². The Morgan fingerprint density at radius 1 is 1.07 bits per heavy atom. The molecule has 2 fully saturated rings. The number of hydrogen-bond acceptors (Lipinski definition) is 5. The predicted octanol–water partition coefficient (Wildman–Crippen LogP) is 1.54. The Hall–Kier alpha value is -0.890. The molecule has 28 heavy (non-hydrogen) atoms. The van der Waals surface area contributed by atoms with Crippen LogP contribution in [0, 0.1) is 0 Å². The maximum absolute atomic E-state index is 5.70. The first-order valence-corrected chi connectivity index (χ1v) is 11.5.